The maximum absolute atomic E-state index is 12.8. The highest BCUT2D eigenvalue weighted by Gasteiger charge is 2.40. The molecule has 2 amide bonds. The summed E-state index contributed by atoms with van der Waals surface area (Å²) in [5.74, 6) is -0.721. The number of aromatic nitrogens is 1. The minimum Gasteiger partial charge on any atom is -0.454 e. The molecule has 7 heteroatoms. The van der Waals surface area contributed by atoms with Gasteiger partial charge >= 0.3 is 5.97 Å². The van der Waals surface area contributed by atoms with Crippen molar-refractivity contribution in [3.8, 4) is 0 Å². The van der Waals surface area contributed by atoms with E-state index in [1.807, 2.05) is 0 Å². The number of hydrogen-bond donors (Lipinski definition) is 0. The fourth-order valence-corrected chi connectivity index (χ4v) is 3.76. The van der Waals surface area contributed by atoms with Gasteiger partial charge in [-0.2, -0.15) is 0 Å². The maximum atomic E-state index is 12.8. The van der Waals surface area contributed by atoms with Crippen molar-refractivity contribution in [2.24, 2.45) is 0 Å². The maximum Gasteiger partial charge on any atom is 0.338 e. The average molecular weight is 368 g/mol. The molecule has 1 aromatic carbocycles. The Morgan fingerprint density at radius 3 is 2.59 bits per heavy atom. The lowest BCUT2D eigenvalue weighted by Gasteiger charge is -2.29. The molecule has 2 aliphatic rings. The van der Waals surface area contributed by atoms with Gasteiger partial charge in [-0.3, -0.25) is 14.5 Å². The van der Waals surface area contributed by atoms with Gasteiger partial charge in [0.2, 0.25) is 0 Å². The Balaban J connectivity index is 1.50. The molecule has 0 radical (unpaired) electrons. The van der Waals surface area contributed by atoms with Gasteiger partial charge in [-0.15, -0.1) is 0 Å². The summed E-state index contributed by atoms with van der Waals surface area (Å²) in [5.41, 5.74) is 1.56. The SMILES string of the molecule is Cc1cc(COC(=O)c2ccc3c(c2)C(=O)N(C2CCCCC2)C3=O)on1. The molecule has 0 bridgehead atoms. The summed E-state index contributed by atoms with van der Waals surface area (Å²) >= 11 is 0. The molecular weight excluding hydrogens is 348 g/mol. The molecule has 0 saturated heterocycles. The van der Waals surface area contributed by atoms with Crippen LogP contribution < -0.4 is 0 Å². The number of nitrogens with zero attached hydrogens (tertiary/aromatic N) is 2. The Morgan fingerprint density at radius 1 is 1.15 bits per heavy atom. The van der Waals surface area contributed by atoms with Crippen molar-refractivity contribution in [1.29, 1.82) is 0 Å². The van der Waals surface area contributed by atoms with E-state index in [0.717, 1.165) is 32.1 Å². The second-order valence-electron chi connectivity index (χ2n) is 7.04. The zero-order valence-corrected chi connectivity index (χ0v) is 15.1. The first-order valence-electron chi connectivity index (χ1n) is 9.16. The molecule has 0 atom stereocenters. The van der Waals surface area contributed by atoms with Crippen LogP contribution in [0.2, 0.25) is 0 Å². The Labute approximate surface area is 156 Å². The van der Waals surface area contributed by atoms with Crippen LogP contribution in [0.3, 0.4) is 0 Å². The molecule has 0 N–H and O–H groups in total. The van der Waals surface area contributed by atoms with Crippen molar-refractivity contribution in [3.05, 3.63) is 52.4 Å². The first-order chi connectivity index (χ1) is 13.0. The van der Waals surface area contributed by atoms with E-state index >= 15 is 0 Å². The van der Waals surface area contributed by atoms with E-state index in [1.165, 1.54) is 23.1 Å². The zero-order chi connectivity index (χ0) is 19.0. The van der Waals surface area contributed by atoms with Gasteiger partial charge in [-0.05, 0) is 38.0 Å². The minimum atomic E-state index is -0.580. The lowest BCUT2D eigenvalue weighted by atomic mass is 9.94. The molecule has 1 aliphatic carbocycles. The third kappa shape index (κ3) is 3.25. The Bertz CT molecular complexity index is 911. The summed E-state index contributed by atoms with van der Waals surface area (Å²) in [6, 6.07) is 6.14. The molecule has 0 spiro atoms. The molecule has 27 heavy (non-hydrogen) atoms. The highest BCUT2D eigenvalue weighted by molar-refractivity contribution is 6.22. The van der Waals surface area contributed by atoms with Crippen molar-refractivity contribution >= 4 is 17.8 Å². The van der Waals surface area contributed by atoms with E-state index in [-0.39, 0.29) is 35.6 Å². The second-order valence-corrected chi connectivity index (χ2v) is 7.04. The molecule has 0 unspecified atom stereocenters. The number of esters is 1. The van der Waals surface area contributed by atoms with Crippen LogP contribution in [-0.4, -0.2) is 33.9 Å². The highest BCUT2D eigenvalue weighted by Crippen LogP contribution is 2.31. The molecule has 140 valence electrons. The number of hydrogen-bond acceptors (Lipinski definition) is 6. The predicted octanol–water partition coefficient (Wildman–Crippen LogP) is 3.27. The average Bonchev–Trinajstić information content (AvgIpc) is 3.21. The van der Waals surface area contributed by atoms with Gasteiger partial charge in [0, 0.05) is 12.1 Å². The van der Waals surface area contributed by atoms with Crippen molar-refractivity contribution in [2.45, 2.75) is 51.7 Å². The largest absolute Gasteiger partial charge is 0.454 e. The standard InChI is InChI=1S/C20H20N2O5/c1-12-9-15(27-21-12)11-26-20(25)13-7-8-16-17(10-13)19(24)22(18(16)23)14-5-3-2-4-6-14/h7-10,14H,2-6,11H2,1H3. The number of fused-ring (bicyclic) bond motifs is 1. The summed E-state index contributed by atoms with van der Waals surface area (Å²) in [6.07, 6.45) is 4.88. The monoisotopic (exact) mass is 368 g/mol. The molecule has 2 heterocycles. The van der Waals surface area contributed by atoms with Gasteiger partial charge in [0.1, 0.15) is 0 Å². The van der Waals surface area contributed by atoms with Crippen LogP contribution in [0.25, 0.3) is 0 Å². The number of rotatable bonds is 4. The van der Waals surface area contributed by atoms with Crippen LogP contribution in [0.15, 0.2) is 28.8 Å². The van der Waals surface area contributed by atoms with Crippen molar-refractivity contribution in [1.82, 2.24) is 10.1 Å². The van der Waals surface area contributed by atoms with E-state index in [9.17, 15) is 14.4 Å². The number of amides is 2. The first-order valence-corrected chi connectivity index (χ1v) is 9.16. The Kier molecular flexibility index (Phi) is 4.51. The number of imide groups is 1. The summed E-state index contributed by atoms with van der Waals surface area (Å²) in [7, 11) is 0. The van der Waals surface area contributed by atoms with Gasteiger partial charge in [-0.1, -0.05) is 24.4 Å². The number of carbonyl (C=O) groups is 3. The molecule has 1 fully saturated rings. The summed E-state index contributed by atoms with van der Waals surface area (Å²) in [5, 5.41) is 3.73. The van der Waals surface area contributed by atoms with Gasteiger partial charge in [0.15, 0.2) is 12.4 Å². The molecule has 1 aromatic heterocycles. The van der Waals surface area contributed by atoms with E-state index < -0.39 is 5.97 Å². The summed E-state index contributed by atoms with van der Waals surface area (Å²) in [4.78, 5) is 39.1. The normalized spacial score (nSPS) is 17.3. The van der Waals surface area contributed by atoms with E-state index in [4.69, 9.17) is 9.26 Å². The fourth-order valence-electron chi connectivity index (χ4n) is 3.76. The summed E-state index contributed by atoms with van der Waals surface area (Å²) in [6.45, 7) is 1.73. The predicted molar refractivity (Wildman–Crippen MR) is 94.2 cm³/mol. The van der Waals surface area contributed by atoms with Gasteiger partial charge in [0.05, 0.1) is 22.4 Å². The quantitative estimate of drug-likeness (QED) is 0.608. The van der Waals surface area contributed by atoms with E-state index in [2.05, 4.69) is 5.16 Å². The van der Waals surface area contributed by atoms with Crippen LogP contribution in [0.1, 0.15) is 74.6 Å². The van der Waals surface area contributed by atoms with Crippen LogP contribution >= 0.6 is 0 Å². The van der Waals surface area contributed by atoms with Crippen LogP contribution in [0.5, 0.6) is 0 Å². The van der Waals surface area contributed by atoms with Crippen LogP contribution in [-0.2, 0) is 11.3 Å². The smallest absolute Gasteiger partial charge is 0.338 e. The van der Waals surface area contributed by atoms with Gasteiger partial charge < -0.3 is 9.26 Å². The summed E-state index contributed by atoms with van der Waals surface area (Å²) < 4.78 is 10.2. The molecule has 7 nitrogen and oxygen atoms in total. The highest BCUT2D eigenvalue weighted by atomic mass is 16.5. The zero-order valence-electron chi connectivity index (χ0n) is 15.1. The number of aryl methyl sites for hydroxylation is 1. The van der Waals surface area contributed by atoms with E-state index in [1.54, 1.807) is 13.0 Å². The first kappa shape index (κ1) is 17.5. The van der Waals surface area contributed by atoms with Crippen molar-refractivity contribution in [3.63, 3.8) is 0 Å². The fraction of sp³-hybridized carbons (Fsp3) is 0.400. The topological polar surface area (TPSA) is 89.7 Å². The lowest BCUT2D eigenvalue weighted by molar-refractivity contribution is 0.0437. The molecule has 1 aliphatic heterocycles. The van der Waals surface area contributed by atoms with Crippen LogP contribution in [0.4, 0.5) is 0 Å². The van der Waals surface area contributed by atoms with Crippen LogP contribution in [0, 0.1) is 6.92 Å². The third-order valence-electron chi connectivity index (χ3n) is 5.12. The Hall–Kier alpha value is -2.96. The number of carbonyl (C=O) groups excluding carboxylic acids is 3. The molecule has 1 saturated carbocycles. The molecule has 2 aromatic rings. The van der Waals surface area contributed by atoms with Gasteiger partial charge in [0.25, 0.3) is 11.8 Å². The third-order valence-corrected chi connectivity index (χ3v) is 5.12. The van der Waals surface area contributed by atoms with Crippen molar-refractivity contribution in [2.75, 3.05) is 0 Å². The number of ether oxygens (including phenoxy) is 1. The molecular formula is C20H20N2O5. The van der Waals surface area contributed by atoms with E-state index in [0.29, 0.717) is 17.0 Å². The second kappa shape index (κ2) is 6.98. The molecule has 4 rings (SSSR count). The lowest BCUT2D eigenvalue weighted by Crippen LogP contribution is -2.40. The van der Waals surface area contributed by atoms with Crippen molar-refractivity contribution < 1.29 is 23.6 Å². The Morgan fingerprint density at radius 2 is 1.89 bits per heavy atom. The minimum absolute atomic E-state index is 0.0438. The number of benzene rings is 1. The van der Waals surface area contributed by atoms with Gasteiger partial charge in [-0.25, -0.2) is 4.79 Å².